The van der Waals surface area contributed by atoms with Crippen LogP contribution in [0.3, 0.4) is 0 Å². The van der Waals surface area contributed by atoms with E-state index >= 15 is 0 Å². The summed E-state index contributed by atoms with van der Waals surface area (Å²) < 4.78 is 5.15. The third-order valence-corrected chi connectivity index (χ3v) is 3.09. The first kappa shape index (κ1) is 15.0. The number of hydrogen-bond acceptors (Lipinski definition) is 3. The summed E-state index contributed by atoms with van der Waals surface area (Å²) >= 11 is 5.14. The van der Waals surface area contributed by atoms with Gasteiger partial charge in [0.1, 0.15) is 5.75 Å². The van der Waals surface area contributed by atoms with E-state index in [1.54, 1.807) is 24.3 Å². The number of para-hydroxylation sites is 1. The van der Waals surface area contributed by atoms with E-state index in [0.717, 1.165) is 11.3 Å². The topological polar surface area (TPSA) is 50.4 Å². The van der Waals surface area contributed by atoms with Crippen LogP contribution in [0, 0.1) is 6.92 Å². The fourth-order valence-corrected chi connectivity index (χ4v) is 2.01. The first-order valence-corrected chi connectivity index (χ1v) is 6.83. The first-order chi connectivity index (χ1) is 10.1. The zero-order valence-corrected chi connectivity index (χ0v) is 12.7. The molecule has 2 aromatic rings. The maximum Gasteiger partial charge on any atom is 0.261 e. The minimum atomic E-state index is -0.308. The fourth-order valence-electron chi connectivity index (χ4n) is 1.80. The van der Waals surface area contributed by atoms with Crippen molar-refractivity contribution in [3.05, 3.63) is 59.7 Å². The summed E-state index contributed by atoms with van der Waals surface area (Å²) in [6.45, 7) is 2.01. The summed E-state index contributed by atoms with van der Waals surface area (Å²) in [6.07, 6.45) is 0. The van der Waals surface area contributed by atoms with Gasteiger partial charge in [-0.3, -0.25) is 10.1 Å². The van der Waals surface area contributed by atoms with Crippen LogP contribution < -0.4 is 15.4 Å². The highest BCUT2D eigenvalue weighted by atomic mass is 32.1. The number of benzene rings is 2. The maximum atomic E-state index is 12.2. The third-order valence-electron chi connectivity index (χ3n) is 2.89. The number of hydrogen-bond donors (Lipinski definition) is 2. The van der Waals surface area contributed by atoms with Crippen LogP contribution in [-0.4, -0.2) is 18.1 Å². The van der Waals surface area contributed by atoms with Gasteiger partial charge in [0.25, 0.3) is 5.91 Å². The van der Waals surface area contributed by atoms with Gasteiger partial charge in [0.2, 0.25) is 0 Å². The van der Waals surface area contributed by atoms with Gasteiger partial charge in [0.15, 0.2) is 5.11 Å². The summed E-state index contributed by atoms with van der Waals surface area (Å²) in [7, 11) is 1.52. The molecule has 0 aromatic heterocycles. The van der Waals surface area contributed by atoms with Gasteiger partial charge in [-0.25, -0.2) is 0 Å². The molecular formula is C16H16N2O2S. The predicted octanol–water partition coefficient (Wildman–Crippen LogP) is 3.13. The lowest BCUT2D eigenvalue weighted by Crippen LogP contribution is -2.34. The van der Waals surface area contributed by atoms with Crippen molar-refractivity contribution < 1.29 is 9.53 Å². The Balaban J connectivity index is 2.02. The average molecular weight is 300 g/mol. The number of nitrogens with one attached hydrogen (secondary N) is 2. The molecule has 2 rings (SSSR count). The van der Waals surface area contributed by atoms with Crippen LogP contribution >= 0.6 is 12.2 Å². The molecule has 0 aliphatic rings. The van der Waals surface area contributed by atoms with Crippen LogP contribution in [0.4, 0.5) is 5.69 Å². The molecule has 0 spiro atoms. The summed E-state index contributed by atoms with van der Waals surface area (Å²) in [5.41, 5.74) is 2.42. The zero-order valence-electron chi connectivity index (χ0n) is 11.8. The van der Waals surface area contributed by atoms with E-state index in [1.165, 1.54) is 7.11 Å². The van der Waals surface area contributed by atoms with E-state index in [2.05, 4.69) is 10.6 Å². The van der Waals surface area contributed by atoms with E-state index < -0.39 is 0 Å². The Hall–Kier alpha value is -2.40. The molecule has 2 aromatic carbocycles. The number of thiocarbonyl (C=S) groups is 1. The monoisotopic (exact) mass is 300 g/mol. The molecule has 0 saturated carbocycles. The average Bonchev–Trinajstić information content (AvgIpc) is 2.49. The van der Waals surface area contributed by atoms with E-state index in [4.69, 9.17) is 17.0 Å². The van der Waals surface area contributed by atoms with Crippen LogP contribution in [0.1, 0.15) is 15.9 Å². The molecule has 2 N–H and O–H groups in total. The van der Waals surface area contributed by atoms with Crippen molar-refractivity contribution in [3.8, 4) is 5.75 Å². The SMILES string of the molecule is COc1ccccc1C(=O)NC(=S)Nc1ccc(C)cc1. The molecule has 4 nitrogen and oxygen atoms in total. The Labute approximate surface area is 129 Å². The lowest BCUT2D eigenvalue weighted by Gasteiger charge is -2.11. The van der Waals surface area contributed by atoms with Crippen LogP contribution in [0.2, 0.25) is 0 Å². The standard InChI is InChI=1S/C16H16N2O2S/c1-11-7-9-12(10-8-11)17-16(21)18-15(19)13-5-3-4-6-14(13)20-2/h3-10H,1-2H3,(H2,17,18,19,21). The lowest BCUT2D eigenvalue weighted by atomic mass is 10.2. The van der Waals surface area contributed by atoms with E-state index in [1.807, 2.05) is 31.2 Å². The van der Waals surface area contributed by atoms with Crippen molar-refractivity contribution in [1.29, 1.82) is 0 Å². The molecule has 0 bridgehead atoms. The summed E-state index contributed by atoms with van der Waals surface area (Å²) in [6, 6.07) is 14.7. The Morgan fingerprint density at radius 1 is 1.10 bits per heavy atom. The fraction of sp³-hybridized carbons (Fsp3) is 0.125. The van der Waals surface area contributed by atoms with Crippen molar-refractivity contribution in [3.63, 3.8) is 0 Å². The molecule has 0 atom stereocenters. The van der Waals surface area contributed by atoms with Crippen LogP contribution in [0.25, 0.3) is 0 Å². The second kappa shape index (κ2) is 6.85. The molecule has 5 heteroatoms. The van der Waals surface area contributed by atoms with E-state index in [9.17, 15) is 4.79 Å². The number of methoxy groups -OCH3 is 1. The molecule has 0 unspecified atom stereocenters. The Morgan fingerprint density at radius 2 is 1.76 bits per heavy atom. The summed E-state index contributed by atoms with van der Waals surface area (Å²) in [5, 5.41) is 5.85. The lowest BCUT2D eigenvalue weighted by molar-refractivity contribution is 0.0975. The number of carbonyl (C=O) groups excluding carboxylic acids is 1. The number of aryl methyl sites for hydroxylation is 1. The smallest absolute Gasteiger partial charge is 0.261 e. The van der Waals surface area contributed by atoms with Crippen LogP contribution in [-0.2, 0) is 0 Å². The Kier molecular flexibility index (Phi) is 4.90. The minimum Gasteiger partial charge on any atom is -0.496 e. The number of rotatable bonds is 3. The van der Waals surface area contributed by atoms with Crippen molar-refractivity contribution in [2.45, 2.75) is 6.92 Å². The molecule has 1 amide bonds. The molecule has 0 saturated heterocycles. The molecular weight excluding hydrogens is 284 g/mol. The molecule has 0 aliphatic heterocycles. The molecule has 108 valence electrons. The molecule has 0 aliphatic carbocycles. The van der Waals surface area contributed by atoms with Crippen LogP contribution in [0.5, 0.6) is 5.75 Å². The number of amides is 1. The highest BCUT2D eigenvalue weighted by Crippen LogP contribution is 2.17. The predicted molar refractivity (Wildman–Crippen MR) is 87.9 cm³/mol. The minimum absolute atomic E-state index is 0.245. The van der Waals surface area contributed by atoms with Gasteiger partial charge in [-0.05, 0) is 43.4 Å². The van der Waals surface area contributed by atoms with Crippen molar-refractivity contribution in [2.24, 2.45) is 0 Å². The highest BCUT2D eigenvalue weighted by molar-refractivity contribution is 7.80. The van der Waals surface area contributed by atoms with E-state index in [-0.39, 0.29) is 11.0 Å². The third kappa shape index (κ3) is 4.03. The zero-order chi connectivity index (χ0) is 15.2. The Bertz CT molecular complexity index is 654. The highest BCUT2D eigenvalue weighted by Gasteiger charge is 2.12. The number of carbonyl (C=O) groups is 1. The van der Waals surface area contributed by atoms with Gasteiger partial charge in [0.05, 0.1) is 12.7 Å². The van der Waals surface area contributed by atoms with E-state index in [0.29, 0.717) is 11.3 Å². The second-order valence-electron chi connectivity index (χ2n) is 4.47. The summed E-state index contributed by atoms with van der Waals surface area (Å²) in [4.78, 5) is 12.2. The molecule has 21 heavy (non-hydrogen) atoms. The van der Waals surface area contributed by atoms with Crippen LogP contribution in [0.15, 0.2) is 48.5 Å². The largest absolute Gasteiger partial charge is 0.496 e. The van der Waals surface area contributed by atoms with Gasteiger partial charge in [-0.15, -0.1) is 0 Å². The van der Waals surface area contributed by atoms with Gasteiger partial charge in [-0.2, -0.15) is 0 Å². The first-order valence-electron chi connectivity index (χ1n) is 6.42. The van der Waals surface area contributed by atoms with Gasteiger partial charge in [-0.1, -0.05) is 29.8 Å². The number of anilines is 1. The quantitative estimate of drug-likeness (QED) is 0.855. The van der Waals surface area contributed by atoms with Gasteiger partial charge < -0.3 is 10.1 Å². The molecule has 0 fully saturated rings. The molecule has 0 heterocycles. The maximum absolute atomic E-state index is 12.2. The summed E-state index contributed by atoms with van der Waals surface area (Å²) in [5.74, 6) is 0.199. The number of ether oxygens (including phenoxy) is 1. The van der Waals surface area contributed by atoms with Crippen molar-refractivity contribution in [1.82, 2.24) is 5.32 Å². The normalized spacial score (nSPS) is 9.81. The van der Waals surface area contributed by atoms with Gasteiger partial charge in [0, 0.05) is 5.69 Å². The Morgan fingerprint density at radius 3 is 2.43 bits per heavy atom. The second-order valence-corrected chi connectivity index (χ2v) is 4.88. The molecule has 0 radical (unpaired) electrons. The van der Waals surface area contributed by atoms with Gasteiger partial charge >= 0.3 is 0 Å². The van der Waals surface area contributed by atoms with Crippen molar-refractivity contribution in [2.75, 3.05) is 12.4 Å². The van der Waals surface area contributed by atoms with Crippen molar-refractivity contribution >= 4 is 28.9 Å².